The molecule has 0 heterocycles. The number of carbonyl (C=O) groups excluding carboxylic acids is 1. The summed E-state index contributed by atoms with van der Waals surface area (Å²) in [6.45, 7) is -0.736. The summed E-state index contributed by atoms with van der Waals surface area (Å²) in [6.07, 6.45) is -3.80. The van der Waals surface area contributed by atoms with Gasteiger partial charge in [0.1, 0.15) is 6.54 Å². The van der Waals surface area contributed by atoms with Crippen LogP contribution in [0.25, 0.3) is 0 Å². The molecule has 0 atom stereocenters. The molecule has 0 aliphatic rings. The van der Waals surface area contributed by atoms with Gasteiger partial charge in [0.15, 0.2) is 11.5 Å². The van der Waals surface area contributed by atoms with E-state index in [1.807, 2.05) is 0 Å². The summed E-state index contributed by atoms with van der Waals surface area (Å²) in [7, 11) is -1.18. The molecule has 11 heteroatoms. The molecule has 0 bridgehead atoms. The average molecular weight is 432 g/mol. The Kier molecular flexibility index (Phi) is 6.62. The number of nitrogens with zero attached hydrogens (tertiary/aromatic N) is 1. The normalized spacial score (nSPS) is 11.7. The van der Waals surface area contributed by atoms with Crippen molar-refractivity contribution in [3.63, 3.8) is 0 Å². The molecule has 1 amide bonds. The maximum absolute atomic E-state index is 13.1. The van der Waals surface area contributed by atoms with Gasteiger partial charge in [-0.2, -0.15) is 13.2 Å². The van der Waals surface area contributed by atoms with E-state index >= 15 is 0 Å². The van der Waals surface area contributed by atoms with Crippen LogP contribution in [-0.4, -0.2) is 41.3 Å². The van der Waals surface area contributed by atoms with E-state index in [-0.39, 0.29) is 11.4 Å². The standard InChI is InChI=1S/C18H19F3N2O5S/c1-27-15-9-8-12(10-16(15)28-2)23(29(3,25)26)11-17(24)22-14-7-5-4-6-13(14)18(19,20)21/h4-10H,11H2,1-3H3,(H,22,24). The molecule has 7 nitrogen and oxygen atoms in total. The van der Waals surface area contributed by atoms with Crippen LogP contribution in [0.1, 0.15) is 5.56 Å². The van der Waals surface area contributed by atoms with Crippen molar-refractivity contribution in [2.75, 3.05) is 36.6 Å². The number of carbonyl (C=O) groups is 1. The predicted molar refractivity (Wildman–Crippen MR) is 102 cm³/mol. The van der Waals surface area contributed by atoms with Gasteiger partial charge in [0.2, 0.25) is 15.9 Å². The van der Waals surface area contributed by atoms with Crippen molar-refractivity contribution in [2.45, 2.75) is 6.18 Å². The minimum atomic E-state index is -4.68. The van der Waals surface area contributed by atoms with Crippen molar-refractivity contribution in [3.05, 3.63) is 48.0 Å². The first-order valence-corrected chi connectivity index (χ1v) is 9.98. The Balaban J connectivity index is 2.33. The van der Waals surface area contributed by atoms with Crippen LogP contribution in [0, 0.1) is 0 Å². The summed E-state index contributed by atoms with van der Waals surface area (Å²) in [5.74, 6) is -0.378. The number of benzene rings is 2. The third-order valence-electron chi connectivity index (χ3n) is 3.85. The molecule has 0 aliphatic carbocycles. The van der Waals surface area contributed by atoms with E-state index in [0.29, 0.717) is 5.75 Å². The number of rotatable bonds is 7. The van der Waals surface area contributed by atoms with Gasteiger partial charge in [-0.15, -0.1) is 0 Å². The highest BCUT2D eigenvalue weighted by atomic mass is 32.2. The largest absolute Gasteiger partial charge is 0.493 e. The first-order valence-electron chi connectivity index (χ1n) is 8.13. The highest BCUT2D eigenvalue weighted by molar-refractivity contribution is 7.92. The number of methoxy groups -OCH3 is 2. The van der Waals surface area contributed by atoms with Crippen LogP contribution in [0.2, 0.25) is 0 Å². The van der Waals surface area contributed by atoms with Gasteiger partial charge in [-0.1, -0.05) is 12.1 Å². The summed E-state index contributed by atoms with van der Waals surface area (Å²) in [5, 5.41) is 2.12. The topological polar surface area (TPSA) is 84.9 Å². The van der Waals surface area contributed by atoms with Gasteiger partial charge in [-0.25, -0.2) is 8.42 Å². The summed E-state index contributed by atoms with van der Waals surface area (Å²) in [6, 6.07) is 8.60. The SMILES string of the molecule is COc1ccc(N(CC(=O)Nc2ccccc2C(F)(F)F)S(C)(=O)=O)cc1OC. The summed E-state index contributed by atoms with van der Waals surface area (Å²) >= 11 is 0. The number of hydrogen-bond acceptors (Lipinski definition) is 5. The molecule has 0 saturated heterocycles. The van der Waals surface area contributed by atoms with Crippen molar-refractivity contribution in [2.24, 2.45) is 0 Å². The van der Waals surface area contributed by atoms with Crippen molar-refractivity contribution < 1.29 is 35.9 Å². The molecule has 2 aromatic carbocycles. The van der Waals surface area contributed by atoms with E-state index < -0.39 is 39.9 Å². The number of alkyl halides is 3. The van der Waals surface area contributed by atoms with E-state index in [1.165, 1.54) is 44.6 Å². The third-order valence-corrected chi connectivity index (χ3v) is 4.99. The lowest BCUT2D eigenvalue weighted by atomic mass is 10.1. The van der Waals surface area contributed by atoms with E-state index in [2.05, 4.69) is 5.32 Å². The fourth-order valence-electron chi connectivity index (χ4n) is 2.54. The Morgan fingerprint density at radius 2 is 1.69 bits per heavy atom. The fraction of sp³-hybridized carbons (Fsp3) is 0.278. The van der Waals surface area contributed by atoms with Crippen LogP contribution in [0.15, 0.2) is 42.5 Å². The monoisotopic (exact) mass is 432 g/mol. The minimum absolute atomic E-state index is 0.0874. The lowest BCUT2D eigenvalue weighted by Gasteiger charge is -2.23. The van der Waals surface area contributed by atoms with Crippen molar-refractivity contribution in [1.29, 1.82) is 0 Å². The maximum atomic E-state index is 13.1. The molecule has 2 aromatic rings. The van der Waals surface area contributed by atoms with Crippen LogP contribution in [0.4, 0.5) is 24.5 Å². The van der Waals surface area contributed by atoms with Crippen LogP contribution in [0.3, 0.4) is 0 Å². The third kappa shape index (κ3) is 5.53. The summed E-state index contributed by atoms with van der Waals surface area (Å²) in [4.78, 5) is 12.4. The molecule has 0 saturated carbocycles. The Bertz CT molecular complexity index is 993. The molecule has 0 fully saturated rings. The van der Waals surface area contributed by atoms with E-state index in [0.717, 1.165) is 22.7 Å². The smallest absolute Gasteiger partial charge is 0.418 e. The van der Waals surface area contributed by atoms with Gasteiger partial charge in [-0.05, 0) is 24.3 Å². The molecular formula is C18H19F3N2O5S. The number of ether oxygens (including phenoxy) is 2. The fourth-order valence-corrected chi connectivity index (χ4v) is 3.39. The van der Waals surface area contributed by atoms with Gasteiger partial charge >= 0.3 is 6.18 Å². The molecule has 158 valence electrons. The van der Waals surface area contributed by atoms with E-state index in [4.69, 9.17) is 9.47 Å². The molecule has 0 radical (unpaired) electrons. The van der Waals surface area contributed by atoms with Gasteiger partial charge in [0.25, 0.3) is 0 Å². The number of amides is 1. The first kappa shape index (κ1) is 22.3. The lowest BCUT2D eigenvalue weighted by Crippen LogP contribution is -2.37. The molecular weight excluding hydrogens is 413 g/mol. The van der Waals surface area contributed by atoms with Crippen LogP contribution >= 0.6 is 0 Å². The highest BCUT2D eigenvalue weighted by Crippen LogP contribution is 2.35. The highest BCUT2D eigenvalue weighted by Gasteiger charge is 2.34. The Labute approximate surface area is 166 Å². The van der Waals surface area contributed by atoms with E-state index in [1.54, 1.807) is 0 Å². The molecule has 1 N–H and O–H groups in total. The van der Waals surface area contributed by atoms with Gasteiger partial charge < -0.3 is 14.8 Å². The molecule has 2 rings (SSSR count). The van der Waals surface area contributed by atoms with Crippen LogP contribution in [-0.2, 0) is 21.0 Å². The second-order valence-corrected chi connectivity index (χ2v) is 7.81. The number of hydrogen-bond donors (Lipinski definition) is 1. The number of sulfonamides is 1. The molecule has 0 aliphatic heterocycles. The van der Waals surface area contributed by atoms with Gasteiger partial charge in [0.05, 0.1) is 37.4 Å². The molecule has 0 unspecified atom stereocenters. The zero-order valence-electron chi connectivity index (χ0n) is 15.8. The van der Waals surface area contributed by atoms with Crippen LogP contribution in [0.5, 0.6) is 11.5 Å². The predicted octanol–water partition coefficient (Wildman–Crippen LogP) is 3.13. The second kappa shape index (κ2) is 8.60. The number of nitrogens with one attached hydrogen (secondary N) is 1. The first-order chi connectivity index (χ1) is 13.5. The zero-order valence-corrected chi connectivity index (χ0v) is 16.6. The minimum Gasteiger partial charge on any atom is -0.493 e. The summed E-state index contributed by atoms with van der Waals surface area (Å²) < 4.78 is 74.6. The average Bonchev–Trinajstić information content (AvgIpc) is 2.64. The Morgan fingerprint density at radius 3 is 2.24 bits per heavy atom. The summed E-state index contributed by atoms with van der Waals surface area (Å²) in [5.41, 5.74) is -1.42. The van der Waals surface area contributed by atoms with Crippen molar-refractivity contribution in [1.82, 2.24) is 0 Å². The second-order valence-electron chi connectivity index (χ2n) is 5.90. The number of halogens is 3. The quantitative estimate of drug-likeness (QED) is 0.727. The Hall–Kier alpha value is -2.95. The zero-order chi connectivity index (χ0) is 21.8. The van der Waals surface area contributed by atoms with Gasteiger partial charge in [0, 0.05) is 6.07 Å². The molecule has 0 aromatic heterocycles. The Morgan fingerprint density at radius 1 is 1.07 bits per heavy atom. The number of anilines is 2. The maximum Gasteiger partial charge on any atom is 0.418 e. The van der Waals surface area contributed by atoms with Crippen LogP contribution < -0.4 is 19.1 Å². The molecule has 29 heavy (non-hydrogen) atoms. The molecule has 0 spiro atoms. The van der Waals surface area contributed by atoms with E-state index in [9.17, 15) is 26.4 Å². The van der Waals surface area contributed by atoms with Crippen molar-refractivity contribution in [3.8, 4) is 11.5 Å². The van der Waals surface area contributed by atoms with Crippen molar-refractivity contribution >= 4 is 27.3 Å². The number of para-hydroxylation sites is 1. The van der Waals surface area contributed by atoms with Gasteiger partial charge in [-0.3, -0.25) is 9.10 Å². The lowest BCUT2D eigenvalue weighted by molar-refractivity contribution is -0.137.